The lowest BCUT2D eigenvalue weighted by molar-refractivity contribution is -0.126. The number of imide groups is 1. The zero-order valence-electron chi connectivity index (χ0n) is 16.6. The number of nitrogens with zero attached hydrogens (tertiary/aromatic N) is 2. The Labute approximate surface area is 182 Å². The number of carbonyl (C=O) groups is 3. The molecule has 5 rings (SSSR count). The van der Waals surface area contributed by atoms with E-state index in [0.717, 1.165) is 4.90 Å². The van der Waals surface area contributed by atoms with Crippen LogP contribution < -0.4 is 9.96 Å². The van der Waals surface area contributed by atoms with Crippen molar-refractivity contribution >= 4 is 29.2 Å². The van der Waals surface area contributed by atoms with Gasteiger partial charge >= 0.3 is 5.97 Å². The molecule has 7 nitrogen and oxygen atoms in total. The Hall–Kier alpha value is -4.04. The van der Waals surface area contributed by atoms with Crippen LogP contribution in [0.15, 0.2) is 78.9 Å². The van der Waals surface area contributed by atoms with Crippen molar-refractivity contribution in [3.8, 4) is 0 Å². The summed E-state index contributed by atoms with van der Waals surface area (Å²) in [5, 5.41) is 10.5. The van der Waals surface area contributed by atoms with Crippen molar-refractivity contribution in [1.29, 1.82) is 0 Å². The summed E-state index contributed by atoms with van der Waals surface area (Å²) >= 11 is 0. The Morgan fingerprint density at radius 3 is 2.16 bits per heavy atom. The van der Waals surface area contributed by atoms with Gasteiger partial charge in [-0.25, -0.2) is 19.1 Å². The lowest BCUT2D eigenvalue weighted by atomic mass is 9.90. The van der Waals surface area contributed by atoms with Crippen molar-refractivity contribution in [2.24, 2.45) is 5.92 Å². The molecule has 2 aliphatic heterocycles. The number of amides is 2. The molecule has 32 heavy (non-hydrogen) atoms. The fourth-order valence-electron chi connectivity index (χ4n) is 4.25. The molecule has 0 aliphatic carbocycles. The van der Waals surface area contributed by atoms with E-state index >= 15 is 0 Å². The minimum absolute atomic E-state index is 0.0313. The predicted molar refractivity (Wildman–Crippen MR) is 112 cm³/mol. The van der Waals surface area contributed by atoms with Crippen LogP contribution >= 0.6 is 0 Å². The summed E-state index contributed by atoms with van der Waals surface area (Å²) in [5.41, 5.74) is 1.10. The van der Waals surface area contributed by atoms with Crippen LogP contribution in [0.25, 0.3) is 0 Å². The number of fused-ring (bicyclic) bond motifs is 1. The van der Waals surface area contributed by atoms with E-state index in [1.54, 1.807) is 42.5 Å². The summed E-state index contributed by atoms with van der Waals surface area (Å²) in [4.78, 5) is 44.7. The van der Waals surface area contributed by atoms with Crippen LogP contribution in [-0.4, -0.2) is 29.0 Å². The highest BCUT2D eigenvalue weighted by Crippen LogP contribution is 2.48. The van der Waals surface area contributed by atoms with Crippen LogP contribution in [0.2, 0.25) is 0 Å². The summed E-state index contributed by atoms with van der Waals surface area (Å²) in [6.07, 6.45) is -1.13. The number of aromatic carboxylic acids is 1. The molecule has 160 valence electrons. The minimum atomic E-state index is -1.13. The average Bonchev–Trinajstić information content (AvgIpc) is 3.31. The van der Waals surface area contributed by atoms with Crippen molar-refractivity contribution in [1.82, 2.24) is 0 Å². The van der Waals surface area contributed by atoms with E-state index in [2.05, 4.69) is 0 Å². The first kappa shape index (κ1) is 19.9. The van der Waals surface area contributed by atoms with Crippen molar-refractivity contribution < 1.29 is 28.7 Å². The molecule has 2 aliphatic rings. The molecule has 2 saturated heterocycles. The van der Waals surface area contributed by atoms with Gasteiger partial charge in [0.2, 0.25) is 5.91 Å². The van der Waals surface area contributed by atoms with E-state index in [1.165, 1.54) is 35.4 Å². The van der Waals surface area contributed by atoms with Crippen LogP contribution in [0.4, 0.5) is 15.8 Å². The quantitative estimate of drug-likeness (QED) is 0.635. The van der Waals surface area contributed by atoms with Gasteiger partial charge < -0.3 is 5.11 Å². The van der Waals surface area contributed by atoms with Gasteiger partial charge in [-0.1, -0.05) is 36.4 Å². The van der Waals surface area contributed by atoms with Gasteiger partial charge in [-0.05, 0) is 42.5 Å². The van der Waals surface area contributed by atoms with E-state index in [4.69, 9.17) is 9.94 Å². The number of carboxylic acids is 1. The monoisotopic (exact) mass is 432 g/mol. The second kappa shape index (κ2) is 7.58. The molecule has 2 amide bonds. The van der Waals surface area contributed by atoms with E-state index in [1.807, 2.05) is 6.07 Å². The number of rotatable bonds is 4. The van der Waals surface area contributed by atoms with Crippen LogP contribution in [0, 0.1) is 11.7 Å². The van der Waals surface area contributed by atoms with Gasteiger partial charge in [0.15, 0.2) is 6.10 Å². The van der Waals surface area contributed by atoms with Crippen LogP contribution in [-0.2, 0) is 14.4 Å². The second-order valence-electron chi connectivity index (χ2n) is 7.54. The predicted octanol–water partition coefficient (Wildman–Crippen LogP) is 3.58. The number of para-hydroxylation sites is 1. The highest BCUT2D eigenvalue weighted by atomic mass is 19.1. The summed E-state index contributed by atoms with van der Waals surface area (Å²) in [6, 6.07) is 19.6. The standard InChI is InChI=1S/C24H17FN2O5/c25-18-9-5-4-8-17(18)20-19-21(32-27(20)16-6-2-1-3-7-16)23(29)26(22(19)28)15-12-10-14(11-13-15)24(30)31/h1-13,19-21H,(H,30,31)/t19-,20-,21+/m0/s1. The Balaban J connectivity index is 1.57. The Morgan fingerprint density at radius 2 is 1.50 bits per heavy atom. The topological polar surface area (TPSA) is 87.2 Å². The van der Waals surface area contributed by atoms with E-state index in [0.29, 0.717) is 5.69 Å². The third kappa shape index (κ3) is 3.04. The average molecular weight is 432 g/mol. The maximum Gasteiger partial charge on any atom is 0.335 e. The van der Waals surface area contributed by atoms with Gasteiger partial charge in [0, 0.05) is 5.56 Å². The second-order valence-corrected chi connectivity index (χ2v) is 7.54. The van der Waals surface area contributed by atoms with Gasteiger partial charge in [-0.2, -0.15) is 0 Å². The molecule has 2 fully saturated rings. The molecule has 0 bridgehead atoms. The third-order valence-electron chi connectivity index (χ3n) is 5.72. The Morgan fingerprint density at radius 1 is 0.844 bits per heavy atom. The molecule has 3 aromatic carbocycles. The maximum absolute atomic E-state index is 14.8. The maximum atomic E-state index is 14.8. The third-order valence-corrected chi connectivity index (χ3v) is 5.72. The van der Waals surface area contributed by atoms with Gasteiger partial charge in [-0.15, -0.1) is 0 Å². The molecule has 0 aromatic heterocycles. The number of hydrogen-bond donors (Lipinski definition) is 1. The first-order valence-corrected chi connectivity index (χ1v) is 9.94. The summed E-state index contributed by atoms with van der Waals surface area (Å²) < 4.78 is 14.8. The highest BCUT2D eigenvalue weighted by molar-refractivity contribution is 6.24. The van der Waals surface area contributed by atoms with Crippen molar-refractivity contribution in [2.75, 3.05) is 9.96 Å². The Kier molecular flexibility index (Phi) is 4.71. The fourth-order valence-corrected chi connectivity index (χ4v) is 4.25. The van der Waals surface area contributed by atoms with Crippen molar-refractivity contribution in [3.63, 3.8) is 0 Å². The first-order chi connectivity index (χ1) is 15.5. The Bertz CT molecular complexity index is 1210. The fraction of sp³-hybridized carbons (Fsp3) is 0.125. The molecule has 0 unspecified atom stereocenters. The molecule has 8 heteroatoms. The van der Waals surface area contributed by atoms with Crippen LogP contribution in [0.1, 0.15) is 22.0 Å². The molecule has 0 saturated carbocycles. The number of benzene rings is 3. The number of hydroxylamine groups is 1. The van der Waals surface area contributed by atoms with Crippen molar-refractivity contribution in [3.05, 3.63) is 95.8 Å². The van der Waals surface area contributed by atoms with Gasteiger partial charge in [0.05, 0.1) is 23.0 Å². The lowest BCUT2D eigenvalue weighted by Crippen LogP contribution is -2.37. The smallest absolute Gasteiger partial charge is 0.335 e. The number of carbonyl (C=O) groups excluding carboxylic acids is 2. The molecule has 0 spiro atoms. The molecule has 1 N–H and O–H groups in total. The molecular formula is C24H17FN2O5. The molecule has 3 atom stereocenters. The lowest BCUT2D eigenvalue weighted by Gasteiger charge is -2.29. The summed E-state index contributed by atoms with van der Waals surface area (Å²) in [6.45, 7) is 0. The normalized spacial score (nSPS) is 22.3. The SMILES string of the molecule is O=C(O)c1ccc(N2C(=O)[C@@H]3[C@@H](ON(c4ccccc4)[C@H]3c3ccccc3F)C2=O)cc1. The number of anilines is 2. The minimum Gasteiger partial charge on any atom is -0.478 e. The summed E-state index contributed by atoms with van der Waals surface area (Å²) in [5.74, 6) is -3.71. The van der Waals surface area contributed by atoms with Gasteiger partial charge in [-0.3, -0.25) is 14.4 Å². The first-order valence-electron chi connectivity index (χ1n) is 9.94. The highest BCUT2D eigenvalue weighted by Gasteiger charge is 2.60. The van der Waals surface area contributed by atoms with Crippen LogP contribution in [0.3, 0.4) is 0 Å². The zero-order valence-corrected chi connectivity index (χ0v) is 16.6. The molecule has 3 aromatic rings. The van der Waals surface area contributed by atoms with Gasteiger partial charge in [0.1, 0.15) is 11.7 Å². The number of hydrogen-bond acceptors (Lipinski definition) is 5. The molecule has 0 radical (unpaired) electrons. The number of carboxylic acid groups (broad SMARTS) is 1. The van der Waals surface area contributed by atoms with Crippen LogP contribution in [0.5, 0.6) is 0 Å². The van der Waals surface area contributed by atoms with Crippen molar-refractivity contribution in [2.45, 2.75) is 12.1 Å². The van der Waals surface area contributed by atoms with E-state index in [9.17, 15) is 18.8 Å². The molecular weight excluding hydrogens is 415 g/mol. The molecule has 2 heterocycles. The summed E-state index contributed by atoms with van der Waals surface area (Å²) in [7, 11) is 0. The van der Waals surface area contributed by atoms with E-state index in [-0.39, 0.29) is 16.8 Å². The number of halogens is 1. The van der Waals surface area contributed by atoms with Gasteiger partial charge in [0.25, 0.3) is 5.91 Å². The van der Waals surface area contributed by atoms with E-state index < -0.39 is 41.7 Å². The largest absolute Gasteiger partial charge is 0.478 e. The zero-order chi connectivity index (χ0) is 22.4.